The van der Waals surface area contributed by atoms with Crippen LogP contribution in [0.25, 0.3) is 0 Å². The Labute approximate surface area is 226 Å². The maximum atomic E-state index is 13.6. The van der Waals surface area contributed by atoms with E-state index in [9.17, 15) is 9.59 Å². The fourth-order valence-electron chi connectivity index (χ4n) is 3.92. The molecule has 36 heavy (non-hydrogen) atoms. The van der Waals surface area contributed by atoms with E-state index in [1.165, 1.54) is 0 Å². The van der Waals surface area contributed by atoms with Gasteiger partial charge in [-0.1, -0.05) is 76.9 Å². The van der Waals surface area contributed by atoms with Crippen molar-refractivity contribution in [3.8, 4) is 5.75 Å². The number of carbonyl (C=O) groups is 2. The van der Waals surface area contributed by atoms with E-state index in [-0.39, 0.29) is 25.0 Å². The largest absolute Gasteiger partial charge is 0.484 e. The summed E-state index contributed by atoms with van der Waals surface area (Å²) < 4.78 is 6.84. The van der Waals surface area contributed by atoms with Crippen LogP contribution in [-0.2, 0) is 22.6 Å². The molecule has 0 bridgehead atoms. The summed E-state index contributed by atoms with van der Waals surface area (Å²) in [5.41, 5.74) is 3.66. The number of rotatable bonds is 11. The van der Waals surface area contributed by atoms with E-state index in [2.05, 4.69) is 21.2 Å². The first kappa shape index (κ1) is 27.8. The van der Waals surface area contributed by atoms with Crippen LogP contribution >= 0.6 is 27.5 Å². The monoisotopic (exact) mass is 570 g/mol. The molecule has 190 valence electrons. The van der Waals surface area contributed by atoms with E-state index in [1.807, 2.05) is 87.5 Å². The molecule has 7 heteroatoms. The van der Waals surface area contributed by atoms with Crippen molar-refractivity contribution in [2.24, 2.45) is 0 Å². The van der Waals surface area contributed by atoms with E-state index in [0.29, 0.717) is 23.7 Å². The number of hydrogen-bond donors (Lipinski definition) is 1. The topological polar surface area (TPSA) is 58.6 Å². The standard InChI is InChI=1S/C29H32BrClN2O3/c1-4-14-32-29(35)26(17-22-8-6-5-7-9-22)33(18-23-10-12-24(30)13-11-23)27(34)19-36-25-15-20(2)28(31)21(3)16-25/h5-13,15-16,26H,4,14,17-19H2,1-3H3,(H,32,35). The van der Waals surface area contributed by atoms with Gasteiger partial charge in [-0.2, -0.15) is 0 Å². The van der Waals surface area contributed by atoms with E-state index >= 15 is 0 Å². The maximum absolute atomic E-state index is 13.6. The Hall–Kier alpha value is -2.83. The molecule has 3 aromatic carbocycles. The van der Waals surface area contributed by atoms with Crippen LogP contribution < -0.4 is 10.1 Å². The van der Waals surface area contributed by atoms with Gasteiger partial charge in [0.25, 0.3) is 5.91 Å². The minimum absolute atomic E-state index is 0.177. The average Bonchev–Trinajstić information content (AvgIpc) is 2.88. The predicted molar refractivity (Wildman–Crippen MR) is 148 cm³/mol. The minimum atomic E-state index is -0.688. The van der Waals surface area contributed by atoms with Gasteiger partial charge in [0.15, 0.2) is 6.61 Å². The highest BCUT2D eigenvalue weighted by Gasteiger charge is 2.30. The van der Waals surface area contributed by atoms with Crippen molar-refractivity contribution in [3.63, 3.8) is 0 Å². The summed E-state index contributed by atoms with van der Waals surface area (Å²) >= 11 is 9.74. The van der Waals surface area contributed by atoms with Crippen LogP contribution in [0.3, 0.4) is 0 Å². The molecule has 0 heterocycles. The second-order valence-corrected chi connectivity index (χ2v) is 10.1. The maximum Gasteiger partial charge on any atom is 0.261 e. The minimum Gasteiger partial charge on any atom is -0.484 e. The number of halogens is 2. The Morgan fingerprint density at radius 3 is 2.25 bits per heavy atom. The molecule has 0 spiro atoms. The summed E-state index contributed by atoms with van der Waals surface area (Å²) in [6.07, 6.45) is 1.21. The number of aryl methyl sites for hydroxylation is 2. The lowest BCUT2D eigenvalue weighted by Gasteiger charge is -2.31. The average molecular weight is 572 g/mol. The van der Waals surface area contributed by atoms with E-state index in [0.717, 1.165) is 33.1 Å². The highest BCUT2D eigenvalue weighted by Crippen LogP contribution is 2.26. The lowest BCUT2D eigenvalue weighted by Crippen LogP contribution is -2.51. The van der Waals surface area contributed by atoms with E-state index in [4.69, 9.17) is 16.3 Å². The summed E-state index contributed by atoms with van der Waals surface area (Å²) in [5.74, 6) is 0.126. The highest BCUT2D eigenvalue weighted by atomic mass is 79.9. The zero-order valence-electron chi connectivity index (χ0n) is 20.9. The van der Waals surface area contributed by atoms with Crippen LogP contribution in [0.15, 0.2) is 71.2 Å². The predicted octanol–water partition coefficient (Wildman–Crippen LogP) is 6.26. The molecule has 0 saturated carbocycles. The van der Waals surface area contributed by atoms with Gasteiger partial charge in [-0.3, -0.25) is 9.59 Å². The summed E-state index contributed by atoms with van der Waals surface area (Å²) in [7, 11) is 0. The fraction of sp³-hybridized carbons (Fsp3) is 0.310. The first-order valence-corrected chi connectivity index (χ1v) is 13.2. The van der Waals surface area contributed by atoms with Gasteiger partial charge >= 0.3 is 0 Å². The number of nitrogens with one attached hydrogen (secondary N) is 1. The second-order valence-electron chi connectivity index (χ2n) is 8.80. The van der Waals surface area contributed by atoms with E-state index < -0.39 is 6.04 Å². The zero-order valence-corrected chi connectivity index (χ0v) is 23.2. The third kappa shape index (κ3) is 7.84. The van der Waals surface area contributed by atoms with Crippen LogP contribution in [0.1, 0.15) is 35.6 Å². The Bertz CT molecular complexity index is 1150. The molecular weight excluding hydrogens is 540 g/mol. The second kappa shape index (κ2) is 13.5. The van der Waals surface area contributed by atoms with Crippen molar-refractivity contribution >= 4 is 39.3 Å². The van der Waals surface area contributed by atoms with E-state index in [1.54, 1.807) is 4.90 Å². The van der Waals surface area contributed by atoms with Crippen LogP contribution in [0, 0.1) is 13.8 Å². The first-order chi connectivity index (χ1) is 17.3. The van der Waals surface area contributed by atoms with Gasteiger partial charge in [-0.25, -0.2) is 0 Å². The Balaban J connectivity index is 1.90. The summed E-state index contributed by atoms with van der Waals surface area (Å²) in [4.78, 5) is 28.6. The summed E-state index contributed by atoms with van der Waals surface area (Å²) in [6, 6.07) is 20.4. The normalized spacial score (nSPS) is 11.6. The molecule has 0 radical (unpaired) electrons. The number of nitrogens with zero attached hydrogens (tertiary/aromatic N) is 1. The number of carbonyl (C=O) groups excluding carboxylic acids is 2. The van der Waals surface area contributed by atoms with Crippen LogP contribution in [0.2, 0.25) is 5.02 Å². The molecule has 3 aromatic rings. The highest BCUT2D eigenvalue weighted by molar-refractivity contribution is 9.10. The molecule has 0 aliphatic rings. The molecule has 5 nitrogen and oxygen atoms in total. The summed E-state index contributed by atoms with van der Waals surface area (Å²) in [6.45, 7) is 6.44. The molecule has 0 aliphatic heterocycles. The third-order valence-corrected chi connectivity index (χ3v) is 6.98. The smallest absolute Gasteiger partial charge is 0.261 e. The number of amides is 2. The first-order valence-electron chi connectivity index (χ1n) is 12.0. The van der Waals surface area contributed by atoms with Crippen molar-refractivity contribution < 1.29 is 14.3 Å². The Morgan fingerprint density at radius 2 is 1.64 bits per heavy atom. The lowest BCUT2D eigenvalue weighted by atomic mass is 10.0. The van der Waals surface area contributed by atoms with Gasteiger partial charge in [0.1, 0.15) is 11.8 Å². The van der Waals surface area contributed by atoms with Gasteiger partial charge in [0.05, 0.1) is 0 Å². The Kier molecular flexibility index (Phi) is 10.4. The molecule has 1 unspecified atom stereocenters. The Morgan fingerprint density at radius 1 is 1.00 bits per heavy atom. The molecule has 0 aromatic heterocycles. The molecule has 0 fully saturated rings. The van der Waals surface area contributed by atoms with Crippen molar-refractivity contribution in [3.05, 3.63) is 98.5 Å². The lowest BCUT2D eigenvalue weighted by molar-refractivity contribution is -0.142. The third-order valence-electron chi connectivity index (χ3n) is 5.86. The van der Waals surface area contributed by atoms with Crippen LogP contribution in [-0.4, -0.2) is 35.9 Å². The molecule has 1 N–H and O–H groups in total. The van der Waals surface area contributed by atoms with Crippen LogP contribution in [0.5, 0.6) is 5.75 Å². The number of ether oxygens (including phenoxy) is 1. The molecule has 2 amide bonds. The number of benzene rings is 3. The molecule has 0 aliphatic carbocycles. The quantitative estimate of drug-likeness (QED) is 0.295. The van der Waals surface area contributed by atoms with Gasteiger partial charge < -0.3 is 15.0 Å². The van der Waals surface area contributed by atoms with Gasteiger partial charge in [-0.15, -0.1) is 0 Å². The van der Waals surface area contributed by atoms with Crippen LogP contribution in [0.4, 0.5) is 0 Å². The van der Waals surface area contributed by atoms with Gasteiger partial charge in [-0.05, 0) is 66.8 Å². The molecule has 1 atom stereocenters. The SMILES string of the molecule is CCCNC(=O)C(Cc1ccccc1)N(Cc1ccc(Br)cc1)C(=O)COc1cc(C)c(Cl)c(C)c1. The van der Waals surface area contributed by atoms with Crippen molar-refractivity contribution in [1.29, 1.82) is 0 Å². The molecule has 3 rings (SSSR count). The van der Waals surface area contributed by atoms with Crippen molar-refractivity contribution in [2.75, 3.05) is 13.2 Å². The zero-order chi connectivity index (χ0) is 26.1. The fourth-order valence-corrected chi connectivity index (χ4v) is 4.30. The van der Waals surface area contributed by atoms with Gasteiger partial charge in [0.2, 0.25) is 5.91 Å². The van der Waals surface area contributed by atoms with Crippen molar-refractivity contribution in [1.82, 2.24) is 10.2 Å². The molecular formula is C29H32BrClN2O3. The van der Waals surface area contributed by atoms with Crippen molar-refractivity contribution in [2.45, 2.75) is 46.2 Å². The number of hydrogen-bond acceptors (Lipinski definition) is 3. The van der Waals surface area contributed by atoms with Gasteiger partial charge in [0, 0.05) is 29.0 Å². The molecule has 0 saturated heterocycles. The summed E-state index contributed by atoms with van der Waals surface area (Å²) in [5, 5.41) is 3.66.